The molecule has 0 unspecified atom stereocenters. The summed E-state index contributed by atoms with van der Waals surface area (Å²) in [6.45, 7) is 1.39. The Morgan fingerprint density at radius 2 is 1.65 bits per heavy atom. The van der Waals surface area contributed by atoms with Crippen LogP contribution in [0.25, 0.3) is 0 Å². The Morgan fingerprint density at radius 3 is 2.20 bits per heavy atom. The Balaban J connectivity index is 2.45. The second-order valence-electron chi connectivity index (χ2n) is 4.34. The monoisotopic (exact) mass is 282 g/mol. The van der Waals surface area contributed by atoms with E-state index in [-0.39, 0.29) is 16.7 Å². The van der Waals surface area contributed by atoms with E-state index in [1.54, 1.807) is 0 Å². The number of hydrogen-bond donors (Lipinski definition) is 0. The summed E-state index contributed by atoms with van der Waals surface area (Å²) in [5, 5.41) is 0. The van der Waals surface area contributed by atoms with Crippen LogP contribution in [0.4, 0.5) is 17.6 Å². The fraction of sp³-hybridized carbons (Fsp3) is 0.133. The Hall–Kier alpha value is -2.17. The number of rotatable bonds is 2. The number of hydrogen-bond acceptors (Lipinski definition) is 1. The first-order chi connectivity index (χ1) is 9.30. The van der Waals surface area contributed by atoms with Crippen molar-refractivity contribution in [1.82, 2.24) is 0 Å². The quantitative estimate of drug-likeness (QED) is 0.590. The molecule has 0 atom stereocenters. The van der Waals surface area contributed by atoms with Gasteiger partial charge in [0.25, 0.3) is 0 Å². The molecular weight excluding hydrogens is 272 g/mol. The number of ketones is 1. The zero-order valence-corrected chi connectivity index (χ0v) is 10.5. The maximum absolute atomic E-state index is 13.5. The average molecular weight is 282 g/mol. The normalized spacial score (nSPS) is 11.4. The summed E-state index contributed by atoms with van der Waals surface area (Å²) in [5.41, 5.74) is -0.772. The van der Waals surface area contributed by atoms with E-state index in [1.165, 1.54) is 25.1 Å². The van der Waals surface area contributed by atoms with Gasteiger partial charge in [-0.05, 0) is 36.8 Å². The van der Waals surface area contributed by atoms with E-state index in [2.05, 4.69) is 0 Å². The van der Waals surface area contributed by atoms with Gasteiger partial charge in [0, 0.05) is 5.56 Å². The average Bonchev–Trinajstić information content (AvgIpc) is 2.37. The molecule has 0 bridgehead atoms. The van der Waals surface area contributed by atoms with Crippen molar-refractivity contribution in [2.75, 3.05) is 0 Å². The van der Waals surface area contributed by atoms with E-state index in [1.807, 2.05) is 0 Å². The highest BCUT2D eigenvalue weighted by molar-refractivity contribution is 6.10. The summed E-state index contributed by atoms with van der Waals surface area (Å²) in [6, 6.07) is 8.14. The van der Waals surface area contributed by atoms with E-state index in [0.29, 0.717) is 0 Å². The number of alkyl halides is 3. The van der Waals surface area contributed by atoms with Gasteiger partial charge in [0.15, 0.2) is 5.78 Å². The van der Waals surface area contributed by atoms with E-state index in [9.17, 15) is 22.4 Å². The van der Waals surface area contributed by atoms with Gasteiger partial charge in [-0.3, -0.25) is 4.79 Å². The fourth-order valence-corrected chi connectivity index (χ4v) is 1.89. The first-order valence-electron chi connectivity index (χ1n) is 5.78. The standard InChI is InChI=1S/C15H10F4O/c1-9-8-10(15(17,18)19)6-7-11(9)14(20)12-4-2-3-5-13(12)16/h2-8H,1H3. The molecule has 1 nitrogen and oxygen atoms in total. The van der Waals surface area contributed by atoms with E-state index >= 15 is 0 Å². The first kappa shape index (κ1) is 14.2. The van der Waals surface area contributed by atoms with Crippen LogP contribution in [0.5, 0.6) is 0 Å². The predicted octanol–water partition coefficient (Wildman–Crippen LogP) is 4.38. The highest BCUT2D eigenvalue weighted by Gasteiger charge is 2.31. The van der Waals surface area contributed by atoms with Gasteiger partial charge < -0.3 is 0 Å². The predicted molar refractivity (Wildman–Crippen MR) is 66.0 cm³/mol. The van der Waals surface area contributed by atoms with Crippen molar-refractivity contribution in [3.63, 3.8) is 0 Å². The van der Waals surface area contributed by atoms with E-state index in [4.69, 9.17) is 0 Å². The van der Waals surface area contributed by atoms with Crippen LogP contribution in [-0.2, 0) is 6.18 Å². The van der Waals surface area contributed by atoms with Crippen molar-refractivity contribution in [2.45, 2.75) is 13.1 Å². The zero-order valence-electron chi connectivity index (χ0n) is 10.5. The van der Waals surface area contributed by atoms with Gasteiger partial charge in [0.1, 0.15) is 5.82 Å². The molecule has 0 N–H and O–H groups in total. The smallest absolute Gasteiger partial charge is 0.288 e. The van der Waals surface area contributed by atoms with E-state index in [0.717, 1.165) is 24.3 Å². The summed E-state index contributed by atoms with van der Waals surface area (Å²) >= 11 is 0. The molecule has 0 aliphatic rings. The molecule has 0 fully saturated rings. The maximum Gasteiger partial charge on any atom is 0.416 e. The Labute approximate surface area is 112 Å². The number of aryl methyl sites for hydroxylation is 1. The van der Waals surface area contributed by atoms with Crippen molar-refractivity contribution in [3.05, 3.63) is 70.5 Å². The van der Waals surface area contributed by atoms with Crippen molar-refractivity contribution >= 4 is 5.78 Å². The molecule has 0 saturated heterocycles. The van der Waals surface area contributed by atoms with Gasteiger partial charge in [-0.1, -0.05) is 18.2 Å². The van der Waals surface area contributed by atoms with Crippen molar-refractivity contribution in [1.29, 1.82) is 0 Å². The van der Waals surface area contributed by atoms with Gasteiger partial charge in [0.05, 0.1) is 11.1 Å². The molecule has 0 radical (unpaired) electrons. The first-order valence-corrected chi connectivity index (χ1v) is 5.78. The minimum atomic E-state index is -4.47. The number of benzene rings is 2. The number of halogens is 4. The summed E-state index contributed by atoms with van der Waals surface area (Å²) in [4.78, 5) is 12.1. The third-order valence-corrected chi connectivity index (χ3v) is 2.92. The Kier molecular flexibility index (Phi) is 3.61. The van der Waals surface area contributed by atoms with Crippen LogP contribution in [0.15, 0.2) is 42.5 Å². The summed E-state index contributed by atoms with van der Waals surface area (Å²) in [5.74, 6) is -1.33. The molecule has 104 valence electrons. The van der Waals surface area contributed by atoms with Crippen molar-refractivity contribution in [3.8, 4) is 0 Å². The molecule has 5 heteroatoms. The number of carbonyl (C=O) groups is 1. The van der Waals surface area contributed by atoms with Crippen LogP contribution in [0.2, 0.25) is 0 Å². The molecule has 0 amide bonds. The molecular formula is C15H10F4O. The van der Waals surface area contributed by atoms with Gasteiger partial charge in [-0.15, -0.1) is 0 Å². The van der Waals surface area contributed by atoms with Crippen molar-refractivity contribution in [2.24, 2.45) is 0 Å². The van der Waals surface area contributed by atoms with Crippen LogP contribution >= 0.6 is 0 Å². The molecule has 0 spiro atoms. The zero-order chi connectivity index (χ0) is 14.9. The van der Waals surface area contributed by atoms with Gasteiger partial charge in [-0.2, -0.15) is 13.2 Å². The van der Waals surface area contributed by atoms with Gasteiger partial charge >= 0.3 is 6.18 Å². The Morgan fingerprint density at radius 1 is 1.00 bits per heavy atom. The largest absolute Gasteiger partial charge is 0.416 e. The van der Waals surface area contributed by atoms with Crippen LogP contribution in [0.3, 0.4) is 0 Å². The molecule has 0 aromatic heterocycles. The second-order valence-corrected chi connectivity index (χ2v) is 4.34. The maximum atomic E-state index is 13.5. The lowest BCUT2D eigenvalue weighted by Gasteiger charge is -2.10. The van der Waals surface area contributed by atoms with Crippen LogP contribution < -0.4 is 0 Å². The van der Waals surface area contributed by atoms with E-state index < -0.39 is 23.3 Å². The Bertz CT molecular complexity index is 659. The molecule has 20 heavy (non-hydrogen) atoms. The summed E-state index contributed by atoms with van der Waals surface area (Å²) in [7, 11) is 0. The molecule has 2 aromatic carbocycles. The van der Waals surface area contributed by atoms with Gasteiger partial charge in [0.2, 0.25) is 0 Å². The van der Waals surface area contributed by atoms with Gasteiger partial charge in [-0.25, -0.2) is 4.39 Å². The van der Waals surface area contributed by atoms with Crippen LogP contribution in [0, 0.1) is 12.7 Å². The van der Waals surface area contributed by atoms with Crippen LogP contribution in [-0.4, -0.2) is 5.78 Å². The lowest BCUT2D eigenvalue weighted by molar-refractivity contribution is -0.137. The number of carbonyl (C=O) groups excluding carboxylic acids is 1. The second kappa shape index (κ2) is 5.07. The van der Waals surface area contributed by atoms with Crippen molar-refractivity contribution < 1.29 is 22.4 Å². The lowest BCUT2D eigenvalue weighted by atomic mass is 9.97. The highest BCUT2D eigenvalue weighted by atomic mass is 19.4. The third kappa shape index (κ3) is 2.71. The molecule has 0 aliphatic carbocycles. The summed E-state index contributed by atoms with van der Waals surface area (Å²) < 4.78 is 51.2. The minimum absolute atomic E-state index is 0.0584. The highest BCUT2D eigenvalue weighted by Crippen LogP contribution is 2.31. The fourth-order valence-electron chi connectivity index (χ4n) is 1.89. The topological polar surface area (TPSA) is 17.1 Å². The van der Waals surface area contributed by atoms with Crippen LogP contribution in [0.1, 0.15) is 27.0 Å². The molecule has 0 aliphatic heterocycles. The third-order valence-electron chi connectivity index (χ3n) is 2.92. The lowest BCUT2D eigenvalue weighted by Crippen LogP contribution is -2.10. The molecule has 2 aromatic rings. The molecule has 0 saturated carbocycles. The molecule has 2 rings (SSSR count). The summed E-state index contributed by atoms with van der Waals surface area (Å²) in [6.07, 6.45) is -4.47. The SMILES string of the molecule is Cc1cc(C(F)(F)F)ccc1C(=O)c1ccccc1F. The minimum Gasteiger partial charge on any atom is -0.288 e. The molecule has 0 heterocycles.